The van der Waals surface area contributed by atoms with Gasteiger partial charge < -0.3 is 0 Å². The van der Waals surface area contributed by atoms with Crippen LogP contribution in [0.1, 0.15) is 25.3 Å². The molecule has 7 heteroatoms. The number of hydrogen-bond acceptors (Lipinski definition) is 3. The van der Waals surface area contributed by atoms with E-state index < -0.39 is 10.0 Å². The first kappa shape index (κ1) is 16.1. The number of anilines is 1. The summed E-state index contributed by atoms with van der Waals surface area (Å²) in [5.41, 5.74) is 1.61. The molecule has 0 radical (unpaired) electrons. The molecule has 2 rings (SSSR count). The largest absolute Gasteiger partial charge is 0.280 e. The van der Waals surface area contributed by atoms with E-state index in [0.29, 0.717) is 11.6 Å². The molecule has 0 aliphatic heterocycles. The molecule has 0 saturated carbocycles. The van der Waals surface area contributed by atoms with E-state index in [2.05, 4.69) is 23.6 Å². The van der Waals surface area contributed by atoms with Crippen molar-refractivity contribution >= 4 is 38.9 Å². The van der Waals surface area contributed by atoms with Crippen LogP contribution in [-0.2, 0) is 10.0 Å². The van der Waals surface area contributed by atoms with Crippen LogP contribution >= 0.6 is 23.2 Å². The fourth-order valence-electron chi connectivity index (χ4n) is 1.70. The molecule has 0 amide bonds. The van der Waals surface area contributed by atoms with Gasteiger partial charge in [0.2, 0.25) is 0 Å². The molecule has 0 fully saturated rings. The second kappa shape index (κ2) is 6.22. The Labute approximate surface area is 134 Å². The van der Waals surface area contributed by atoms with Crippen LogP contribution in [0.25, 0.3) is 0 Å². The Kier molecular flexibility index (Phi) is 4.76. The van der Waals surface area contributed by atoms with Crippen molar-refractivity contribution < 1.29 is 8.42 Å². The summed E-state index contributed by atoms with van der Waals surface area (Å²) in [4.78, 5) is 3.70. The van der Waals surface area contributed by atoms with E-state index in [1.807, 2.05) is 12.1 Å². The molecule has 0 saturated heterocycles. The molecule has 21 heavy (non-hydrogen) atoms. The van der Waals surface area contributed by atoms with Crippen molar-refractivity contribution in [2.24, 2.45) is 0 Å². The van der Waals surface area contributed by atoms with Crippen LogP contribution in [0.3, 0.4) is 0 Å². The van der Waals surface area contributed by atoms with E-state index in [1.54, 1.807) is 12.1 Å². The predicted molar refractivity (Wildman–Crippen MR) is 85.6 cm³/mol. The molecule has 0 bridgehead atoms. The Morgan fingerprint density at radius 2 is 1.76 bits per heavy atom. The minimum Gasteiger partial charge on any atom is -0.280 e. The molecule has 4 nitrogen and oxygen atoms in total. The van der Waals surface area contributed by atoms with Crippen LogP contribution in [0.5, 0.6) is 0 Å². The molecule has 1 aromatic heterocycles. The summed E-state index contributed by atoms with van der Waals surface area (Å²) in [6.07, 6.45) is 1.17. The van der Waals surface area contributed by atoms with Gasteiger partial charge in [-0.15, -0.1) is 0 Å². The maximum Gasteiger partial charge on any atom is 0.263 e. The topological polar surface area (TPSA) is 59.1 Å². The fraction of sp³-hybridized carbons (Fsp3) is 0.214. The van der Waals surface area contributed by atoms with Gasteiger partial charge in [-0.1, -0.05) is 49.2 Å². The number of nitrogens with zero attached hydrogens (tertiary/aromatic N) is 1. The van der Waals surface area contributed by atoms with Crippen molar-refractivity contribution in [1.29, 1.82) is 0 Å². The fourth-order valence-corrected chi connectivity index (χ4v) is 3.06. The number of benzene rings is 1. The molecule has 1 N–H and O–H groups in total. The first-order valence-electron chi connectivity index (χ1n) is 6.23. The Bertz CT molecular complexity index is 744. The minimum atomic E-state index is -3.74. The number of hydrogen-bond donors (Lipinski definition) is 1. The molecule has 1 heterocycles. The predicted octanol–water partition coefficient (Wildman–Crippen LogP) is 4.31. The summed E-state index contributed by atoms with van der Waals surface area (Å²) in [6, 6.07) is 8.47. The average molecular weight is 345 g/mol. The molecule has 0 unspecified atom stereocenters. The van der Waals surface area contributed by atoms with E-state index in [-0.39, 0.29) is 15.1 Å². The highest BCUT2D eigenvalue weighted by atomic mass is 35.5. The van der Waals surface area contributed by atoms with Gasteiger partial charge in [0.15, 0.2) is 0 Å². The molecule has 2 aromatic rings. The summed E-state index contributed by atoms with van der Waals surface area (Å²) in [7, 11) is -3.74. The first-order valence-corrected chi connectivity index (χ1v) is 8.47. The first-order chi connectivity index (χ1) is 9.79. The molecule has 112 valence electrons. The van der Waals surface area contributed by atoms with E-state index in [4.69, 9.17) is 23.2 Å². The summed E-state index contributed by atoms with van der Waals surface area (Å²) >= 11 is 11.5. The van der Waals surface area contributed by atoms with Gasteiger partial charge in [0.1, 0.15) is 10.0 Å². The third kappa shape index (κ3) is 3.87. The second-order valence-corrected chi connectivity index (χ2v) is 7.27. The van der Waals surface area contributed by atoms with Crippen LogP contribution < -0.4 is 4.72 Å². The summed E-state index contributed by atoms with van der Waals surface area (Å²) in [6.45, 7) is 4.14. The highest BCUT2D eigenvalue weighted by Crippen LogP contribution is 2.24. The summed E-state index contributed by atoms with van der Waals surface area (Å²) in [5.74, 6) is 0.384. The molecule has 0 aliphatic rings. The zero-order valence-corrected chi connectivity index (χ0v) is 13.8. The molecule has 0 spiro atoms. The number of rotatable bonds is 4. The Morgan fingerprint density at radius 1 is 1.14 bits per heavy atom. The zero-order chi connectivity index (χ0) is 15.6. The molecule has 1 aromatic carbocycles. The average Bonchev–Trinajstić information content (AvgIpc) is 2.42. The molecule has 0 atom stereocenters. The van der Waals surface area contributed by atoms with Crippen molar-refractivity contribution in [3.63, 3.8) is 0 Å². The third-order valence-electron chi connectivity index (χ3n) is 2.91. The van der Waals surface area contributed by atoms with Crippen molar-refractivity contribution in [3.05, 3.63) is 52.3 Å². The van der Waals surface area contributed by atoms with Crippen LogP contribution in [0, 0.1) is 0 Å². The van der Waals surface area contributed by atoms with E-state index in [0.717, 1.165) is 5.56 Å². The van der Waals surface area contributed by atoms with Gasteiger partial charge in [-0.05, 0) is 29.7 Å². The van der Waals surface area contributed by atoms with E-state index in [9.17, 15) is 8.42 Å². The standard InChI is InChI=1S/C14H14Cl2N2O2S/c1-9(2)10-3-5-11(6-4-10)18-21(19,20)12-7-13(15)14(16)17-8-12/h3-9,18H,1-2H3. The Morgan fingerprint density at radius 3 is 2.29 bits per heavy atom. The van der Waals surface area contributed by atoms with Gasteiger partial charge in [-0.25, -0.2) is 13.4 Å². The Balaban J connectivity index is 2.26. The SMILES string of the molecule is CC(C)c1ccc(NS(=O)(=O)c2cnc(Cl)c(Cl)c2)cc1. The van der Waals surface area contributed by atoms with Gasteiger partial charge in [0, 0.05) is 11.9 Å². The maximum atomic E-state index is 12.2. The smallest absolute Gasteiger partial charge is 0.263 e. The van der Waals surface area contributed by atoms with Crippen LogP contribution in [0.2, 0.25) is 10.2 Å². The summed E-state index contributed by atoms with van der Waals surface area (Å²) in [5, 5.41) is 0.159. The molecular formula is C14H14Cl2N2O2S. The number of sulfonamides is 1. The quantitative estimate of drug-likeness (QED) is 0.840. The van der Waals surface area contributed by atoms with Gasteiger partial charge in [0.05, 0.1) is 5.02 Å². The lowest BCUT2D eigenvalue weighted by atomic mass is 10.0. The highest BCUT2D eigenvalue weighted by molar-refractivity contribution is 7.92. The van der Waals surface area contributed by atoms with Crippen molar-refractivity contribution in [1.82, 2.24) is 4.98 Å². The normalized spacial score (nSPS) is 11.7. The second-order valence-electron chi connectivity index (χ2n) is 4.83. The number of nitrogens with one attached hydrogen (secondary N) is 1. The summed E-state index contributed by atoms with van der Waals surface area (Å²) < 4.78 is 26.9. The molecular weight excluding hydrogens is 331 g/mol. The van der Waals surface area contributed by atoms with Crippen LogP contribution in [0.15, 0.2) is 41.4 Å². The lowest BCUT2D eigenvalue weighted by molar-refractivity contribution is 0.601. The van der Waals surface area contributed by atoms with Crippen molar-refractivity contribution in [2.45, 2.75) is 24.7 Å². The maximum absolute atomic E-state index is 12.2. The lowest BCUT2D eigenvalue weighted by Gasteiger charge is -2.10. The number of pyridine rings is 1. The van der Waals surface area contributed by atoms with Gasteiger partial charge in [-0.2, -0.15) is 0 Å². The van der Waals surface area contributed by atoms with Crippen molar-refractivity contribution in [2.75, 3.05) is 4.72 Å². The van der Waals surface area contributed by atoms with Crippen LogP contribution in [0.4, 0.5) is 5.69 Å². The molecule has 0 aliphatic carbocycles. The monoisotopic (exact) mass is 344 g/mol. The van der Waals surface area contributed by atoms with Crippen LogP contribution in [-0.4, -0.2) is 13.4 Å². The van der Waals surface area contributed by atoms with Gasteiger partial charge in [0.25, 0.3) is 10.0 Å². The zero-order valence-electron chi connectivity index (χ0n) is 11.5. The minimum absolute atomic E-state index is 0.0372. The van der Waals surface area contributed by atoms with E-state index >= 15 is 0 Å². The van der Waals surface area contributed by atoms with E-state index in [1.165, 1.54) is 12.3 Å². The third-order valence-corrected chi connectivity index (χ3v) is 4.95. The highest BCUT2D eigenvalue weighted by Gasteiger charge is 2.16. The Hall–Kier alpha value is -1.30. The van der Waals surface area contributed by atoms with Crippen molar-refractivity contribution in [3.8, 4) is 0 Å². The lowest BCUT2D eigenvalue weighted by Crippen LogP contribution is -2.13. The van der Waals surface area contributed by atoms with Gasteiger partial charge in [-0.3, -0.25) is 4.72 Å². The number of aromatic nitrogens is 1. The number of halogens is 2. The van der Waals surface area contributed by atoms with Gasteiger partial charge >= 0.3 is 0 Å².